The molecule has 0 aliphatic carbocycles. The summed E-state index contributed by atoms with van der Waals surface area (Å²) in [6.07, 6.45) is 1.70. The molecule has 4 nitrogen and oxygen atoms in total. The molecule has 0 saturated heterocycles. The van der Waals surface area contributed by atoms with E-state index in [-0.39, 0.29) is 6.61 Å². The Morgan fingerprint density at radius 3 is 3.00 bits per heavy atom. The van der Waals surface area contributed by atoms with E-state index < -0.39 is 5.97 Å². The van der Waals surface area contributed by atoms with Gasteiger partial charge in [0.25, 0.3) is 0 Å². The van der Waals surface area contributed by atoms with Crippen LogP contribution in [0.1, 0.15) is 0 Å². The van der Waals surface area contributed by atoms with Gasteiger partial charge in [-0.1, -0.05) is 6.07 Å². The van der Waals surface area contributed by atoms with Crippen LogP contribution >= 0.6 is 22.6 Å². The number of hydrogen-bond donors (Lipinski definition) is 0. The van der Waals surface area contributed by atoms with Crippen molar-refractivity contribution in [2.24, 2.45) is 0 Å². The smallest absolute Gasteiger partial charge is 0.343 e. The first-order valence-corrected chi connectivity index (χ1v) is 6.03. The van der Waals surface area contributed by atoms with Crippen LogP contribution in [-0.4, -0.2) is 24.7 Å². The number of rotatable bonds is 3. The van der Waals surface area contributed by atoms with Gasteiger partial charge >= 0.3 is 5.97 Å². The van der Waals surface area contributed by atoms with Gasteiger partial charge in [-0.2, -0.15) is 0 Å². The Kier molecular flexibility index (Phi) is 3.78. The summed E-state index contributed by atoms with van der Waals surface area (Å²) in [6, 6.07) is 7.57. The van der Waals surface area contributed by atoms with E-state index in [1.54, 1.807) is 12.3 Å². The molecule has 0 aliphatic rings. The lowest BCUT2D eigenvalue weighted by Gasteiger charge is -2.08. The fourth-order valence-electron chi connectivity index (χ4n) is 1.42. The quantitative estimate of drug-likeness (QED) is 0.634. The summed E-state index contributed by atoms with van der Waals surface area (Å²) in [5.74, 6) is 0.180. The third-order valence-electron chi connectivity index (χ3n) is 2.25. The molecule has 2 aromatic rings. The second kappa shape index (κ2) is 5.31. The maximum Gasteiger partial charge on any atom is 0.343 e. The summed E-state index contributed by atoms with van der Waals surface area (Å²) < 4.78 is 11.0. The van der Waals surface area contributed by atoms with E-state index >= 15 is 0 Å². The predicted molar refractivity (Wildman–Crippen MR) is 72.0 cm³/mol. The van der Waals surface area contributed by atoms with E-state index in [2.05, 4.69) is 32.3 Å². The lowest BCUT2D eigenvalue weighted by atomic mass is 10.2. The molecule has 0 atom stereocenters. The largest absolute Gasteiger partial charge is 0.480 e. The Balaban J connectivity index is 2.35. The van der Waals surface area contributed by atoms with Crippen LogP contribution in [-0.2, 0) is 9.53 Å². The molecule has 0 saturated carbocycles. The minimum absolute atomic E-state index is 0.108. The summed E-state index contributed by atoms with van der Waals surface area (Å²) in [5, 5.41) is 1.01. The molecule has 5 heteroatoms. The Morgan fingerprint density at radius 2 is 2.24 bits per heavy atom. The standard InChI is InChI=1S/C12H10INO3/c1-16-11(15)7-17-10-5-4-9(13)8-3-2-6-14-12(8)10/h2-6H,7H2,1H3. The number of carbonyl (C=O) groups is 1. The van der Waals surface area contributed by atoms with Gasteiger partial charge in [-0.25, -0.2) is 4.79 Å². The molecule has 2 rings (SSSR count). The molecule has 0 spiro atoms. The number of pyridine rings is 1. The van der Waals surface area contributed by atoms with Crippen LogP contribution in [0.2, 0.25) is 0 Å². The zero-order valence-electron chi connectivity index (χ0n) is 9.14. The van der Waals surface area contributed by atoms with Crippen molar-refractivity contribution in [3.63, 3.8) is 0 Å². The molecule has 0 amide bonds. The summed E-state index contributed by atoms with van der Waals surface area (Å²) in [7, 11) is 1.33. The van der Waals surface area contributed by atoms with Gasteiger partial charge in [0, 0.05) is 15.2 Å². The minimum Gasteiger partial charge on any atom is -0.480 e. The van der Waals surface area contributed by atoms with Crippen molar-refractivity contribution in [1.82, 2.24) is 4.98 Å². The molecule has 1 heterocycles. The number of aromatic nitrogens is 1. The van der Waals surface area contributed by atoms with Crippen LogP contribution in [0.4, 0.5) is 0 Å². The third kappa shape index (κ3) is 2.66. The fraction of sp³-hybridized carbons (Fsp3) is 0.167. The Labute approximate surface area is 112 Å². The zero-order valence-corrected chi connectivity index (χ0v) is 11.3. The molecule has 1 aromatic heterocycles. The van der Waals surface area contributed by atoms with Crippen LogP contribution in [0.25, 0.3) is 10.9 Å². The maximum absolute atomic E-state index is 11.0. The predicted octanol–water partition coefficient (Wildman–Crippen LogP) is 2.39. The molecule has 0 unspecified atom stereocenters. The van der Waals surface area contributed by atoms with E-state index in [0.29, 0.717) is 5.75 Å². The monoisotopic (exact) mass is 343 g/mol. The van der Waals surface area contributed by atoms with Crippen LogP contribution in [0, 0.1) is 3.57 Å². The summed E-state index contributed by atoms with van der Waals surface area (Å²) in [4.78, 5) is 15.3. The molecule has 0 radical (unpaired) electrons. The highest BCUT2D eigenvalue weighted by atomic mass is 127. The lowest BCUT2D eigenvalue weighted by Crippen LogP contribution is -2.12. The van der Waals surface area contributed by atoms with E-state index in [9.17, 15) is 4.79 Å². The average molecular weight is 343 g/mol. The normalized spacial score (nSPS) is 10.2. The number of hydrogen-bond acceptors (Lipinski definition) is 4. The van der Waals surface area contributed by atoms with Crippen molar-refractivity contribution in [3.05, 3.63) is 34.0 Å². The average Bonchev–Trinajstić information content (AvgIpc) is 2.38. The van der Waals surface area contributed by atoms with E-state index in [1.807, 2.05) is 18.2 Å². The first-order valence-electron chi connectivity index (χ1n) is 4.95. The molecule has 1 aromatic carbocycles. The second-order valence-electron chi connectivity index (χ2n) is 3.31. The second-order valence-corrected chi connectivity index (χ2v) is 4.47. The van der Waals surface area contributed by atoms with Crippen LogP contribution in [0.5, 0.6) is 5.75 Å². The highest BCUT2D eigenvalue weighted by Crippen LogP contribution is 2.27. The van der Waals surface area contributed by atoms with Crippen molar-refractivity contribution >= 4 is 39.5 Å². The zero-order chi connectivity index (χ0) is 12.3. The Bertz CT molecular complexity index is 556. The van der Waals surface area contributed by atoms with Crippen molar-refractivity contribution in [2.45, 2.75) is 0 Å². The Morgan fingerprint density at radius 1 is 1.41 bits per heavy atom. The summed E-state index contributed by atoms with van der Waals surface area (Å²) in [5.41, 5.74) is 0.753. The number of nitrogens with zero attached hydrogens (tertiary/aromatic N) is 1. The first-order chi connectivity index (χ1) is 8.22. The molecule has 17 heavy (non-hydrogen) atoms. The van der Waals surface area contributed by atoms with Gasteiger partial charge in [0.1, 0.15) is 11.3 Å². The van der Waals surface area contributed by atoms with E-state index in [1.165, 1.54) is 7.11 Å². The number of methoxy groups -OCH3 is 1. The highest BCUT2D eigenvalue weighted by Gasteiger charge is 2.08. The summed E-state index contributed by atoms with van der Waals surface area (Å²) in [6.45, 7) is -0.108. The van der Waals surface area contributed by atoms with Crippen LogP contribution < -0.4 is 4.74 Å². The molecular formula is C12H10INO3. The molecular weight excluding hydrogens is 333 g/mol. The maximum atomic E-state index is 11.0. The van der Waals surface area contributed by atoms with Gasteiger partial charge in [0.2, 0.25) is 0 Å². The van der Waals surface area contributed by atoms with E-state index in [0.717, 1.165) is 14.5 Å². The SMILES string of the molecule is COC(=O)COc1ccc(I)c2cccnc12. The number of halogens is 1. The van der Waals surface area contributed by atoms with Crippen LogP contribution in [0.3, 0.4) is 0 Å². The number of benzene rings is 1. The van der Waals surface area contributed by atoms with Crippen molar-refractivity contribution in [3.8, 4) is 5.75 Å². The van der Waals surface area contributed by atoms with Gasteiger partial charge in [0.05, 0.1) is 7.11 Å². The van der Waals surface area contributed by atoms with E-state index in [4.69, 9.17) is 4.74 Å². The van der Waals surface area contributed by atoms with Crippen LogP contribution in [0.15, 0.2) is 30.5 Å². The van der Waals surface area contributed by atoms with Crippen molar-refractivity contribution in [2.75, 3.05) is 13.7 Å². The molecule has 0 bridgehead atoms. The van der Waals surface area contributed by atoms with Gasteiger partial charge in [-0.15, -0.1) is 0 Å². The first kappa shape index (κ1) is 12.1. The minimum atomic E-state index is -0.410. The lowest BCUT2D eigenvalue weighted by molar-refractivity contribution is -0.142. The Hall–Kier alpha value is -1.37. The highest BCUT2D eigenvalue weighted by molar-refractivity contribution is 14.1. The van der Waals surface area contributed by atoms with Gasteiger partial charge in [-0.05, 0) is 40.8 Å². The number of ether oxygens (including phenoxy) is 2. The number of fused-ring (bicyclic) bond motifs is 1. The van der Waals surface area contributed by atoms with Crippen molar-refractivity contribution < 1.29 is 14.3 Å². The number of carbonyl (C=O) groups excluding carboxylic acids is 1. The van der Waals surface area contributed by atoms with Gasteiger partial charge < -0.3 is 9.47 Å². The third-order valence-corrected chi connectivity index (χ3v) is 3.19. The summed E-state index contributed by atoms with van der Waals surface area (Å²) >= 11 is 2.24. The number of esters is 1. The fourth-order valence-corrected chi connectivity index (χ4v) is 2.04. The van der Waals surface area contributed by atoms with Crippen molar-refractivity contribution in [1.29, 1.82) is 0 Å². The van der Waals surface area contributed by atoms with Gasteiger partial charge in [-0.3, -0.25) is 4.98 Å². The topological polar surface area (TPSA) is 48.4 Å². The molecule has 0 fully saturated rings. The van der Waals surface area contributed by atoms with Gasteiger partial charge in [0.15, 0.2) is 6.61 Å². The molecule has 0 N–H and O–H groups in total. The molecule has 0 aliphatic heterocycles. The molecule has 88 valence electrons.